The van der Waals surface area contributed by atoms with Gasteiger partial charge in [-0.2, -0.15) is 0 Å². The van der Waals surface area contributed by atoms with Crippen LogP contribution in [0.5, 0.6) is 0 Å². The Morgan fingerprint density at radius 3 is 2.87 bits per heavy atom. The van der Waals surface area contributed by atoms with Crippen molar-refractivity contribution in [3.8, 4) is 0 Å². The first-order valence-electron chi connectivity index (χ1n) is 5.08. The summed E-state index contributed by atoms with van der Waals surface area (Å²) in [6.45, 7) is 0.771. The first-order valence-corrected chi connectivity index (χ1v) is 5.08. The summed E-state index contributed by atoms with van der Waals surface area (Å²) in [5.74, 6) is -0.946. The van der Waals surface area contributed by atoms with E-state index < -0.39 is 5.97 Å². The number of ether oxygens (including phenoxy) is 1. The minimum Gasteiger partial charge on any atom is -0.478 e. The van der Waals surface area contributed by atoms with Crippen LogP contribution in [0, 0.1) is 0 Å². The normalized spacial score (nSPS) is 21.2. The Morgan fingerprint density at radius 1 is 1.47 bits per heavy atom. The maximum Gasteiger partial charge on any atom is 0.337 e. The Hall–Kier alpha value is -1.42. The van der Waals surface area contributed by atoms with E-state index in [0.717, 1.165) is 31.6 Å². The molecule has 0 bridgehead atoms. The second-order valence-corrected chi connectivity index (χ2v) is 3.63. The van der Waals surface area contributed by atoms with Gasteiger partial charge in [-0.05, 0) is 31.4 Å². The Labute approximate surface area is 87.9 Å². The molecule has 4 heteroatoms. The minimum atomic E-state index is -0.946. The van der Waals surface area contributed by atoms with Gasteiger partial charge in [0.15, 0.2) is 0 Å². The molecular formula is C11H13NO3. The Bertz CT molecular complexity index is 341. The summed E-state index contributed by atoms with van der Waals surface area (Å²) in [7, 11) is 0. The summed E-state index contributed by atoms with van der Waals surface area (Å²) in [5, 5.41) is 8.71. The molecule has 0 spiro atoms. The summed E-state index contributed by atoms with van der Waals surface area (Å²) in [6.07, 6.45) is 4.65. The lowest BCUT2D eigenvalue weighted by Gasteiger charge is -2.21. The second-order valence-electron chi connectivity index (χ2n) is 3.63. The molecule has 0 aliphatic carbocycles. The van der Waals surface area contributed by atoms with Crippen molar-refractivity contribution in [3.63, 3.8) is 0 Å². The monoisotopic (exact) mass is 207 g/mol. The fourth-order valence-corrected chi connectivity index (χ4v) is 1.70. The zero-order valence-corrected chi connectivity index (χ0v) is 8.35. The first kappa shape index (κ1) is 10.1. The molecule has 0 saturated carbocycles. The quantitative estimate of drug-likeness (QED) is 0.806. The van der Waals surface area contributed by atoms with Crippen LogP contribution in [0.1, 0.15) is 41.4 Å². The molecule has 1 fully saturated rings. The van der Waals surface area contributed by atoms with Gasteiger partial charge in [0.05, 0.1) is 17.4 Å². The van der Waals surface area contributed by atoms with Crippen molar-refractivity contribution in [1.82, 2.24) is 4.98 Å². The van der Waals surface area contributed by atoms with Crippen LogP contribution in [0.2, 0.25) is 0 Å². The van der Waals surface area contributed by atoms with E-state index in [9.17, 15) is 4.79 Å². The third kappa shape index (κ3) is 2.33. The fraction of sp³-hybridized carbons (Fsp3) is 0.455. The van der Waals surface area contributed by atoms with Crippen molar-refractivity contribution in [1.29, 1.82) is 0 Å². The lowest BCUT2D eigenvalue weighted by atomic mass is 10.1. The van der Waals surface area contributed by atoms with Crippen molar-refractivity contribution in [3.05, 3.63) is 29.6 Å². The van der Waals surface area contributed by atoms with E-state index in [4.69, 9.17) is 9.84 Å². The molecule has 1 saturated heterocycles. The van der Waals surface area contributed by atoms with Crippen molar-refractivity contribution in [2.45, 2.75) is 25.4 Å². The molecule has 2 rings (SSSR count). The average Bonchev–Trinajstić information content (AvgIpc) is 2.30. The van der Waals surface area contributed by atoms with Gasteiger partial charge in [0, 0.05) is 12.8 Å². The zero-order chi connectivity index (χ0) is 10.7. The fourth-order valence-electron chi connectivity index (χ4n) is 1.70. The van der Waals surface area contributed by atoms with E-state index in [1.54, 1.807) is 12.1 Å². The van der Waals surface area contributed by atoms with E-state index in [0.29, 0.717) is 0 Å². The van der Waals surface area contributed by atoms with E-state index >= 15 is 0 Å². The largest absolute Gasteiger partial charge is 0.478 e. The summed E-state index contributed by atoms with van der Waals surface area (Å²) in [4.78, 5) is 14.7. The third-order valence-corrected chi connectivity index (χ3v) is 2.54. The third-order valence-electron chi connectivity index (χ3n) is 2.54. The summed E-state index contributed by atoms with van der Waals surface area (Å²) < 4.78 is 5.55. The van der Waals surface area contributed by atoms with Crippen LogP contribution in [-0.2, 0) is 4.74 Å². The highest BCUT2D eigenvalue weighted by Crippen LogP contribution is 2.26. The molecule has 15 heavy (non-hydrogen) atoms. The smallest absolute Gasteiger partial charge is 0.337 e. The van der Waals surface area contributed by atoms with Crippen LogP contribution in [0.25, 0.3) is 0 Å². The molecule has 1 aliphatic rings. The molecule has 2 heterocycles. The minimum absolute atomic E-state index is 0.0431. The standard InChI is InChI=1S/C11H13NO3/c13-11(14)8-4-5-9(12-7-8)10-3-1-2-6-15-10/h4-5,7,10H,1-3,6H2,(H,13,14). The molecule has 1 unspecified atom stereocenters. The van der Waals surface area contributed by atoms with Crippen LogP contribution in [0.3, 0.4) is 0 Å². The molecule has 80 valence electrons. The van der Waals surface area contributed by atoms with Crippen LogP contribution < -0.4 is 0 Å². The summed E-state index contributed by atoms with van der Waals surface area (Å²) >= 11 is 0. The van der Waals surface area contributed by atoms with Gasteiger partial charge >= 0.3 is 5.97 Å². The van der Waals surface area contributed by atoms with E-state index in [1.165, 1.54) is 6.20 Å². The predicted octanol–water partition coefficient (Wildman–Crippen LogP) is 2.02. The predicted molar refractivity (Wildman–Crippen MR) is 53.7 cm³/mol. The molecule has 4 nitrogen and oxygen atoms in total. The Balaban J connectivity index is 2.11. The lowest BCUT2D eigenvalue weighted by Crippen LogP contribution is -2.13. The van der Waals surface area contributed by atoms with Gasteiger partial charge in [-0.25, -0.2) is 4.79 Å². The van der Waals surface area contributed by atoms with Crippen LogP contribution >= 0.6 is 0 Å². The van der Waals surface area contributed by atoms with Gasteiger partial charge in [0.25, 0.3) is 0 Å². The number of carboxylic acid groups (broad SMARTS) is 1. The number of aromatic nitrogens is 1. The highest BCUT2D eigenvalue weighted by atomic mass is 16.5. The van der Waals surface area contributed by atoms with Gasteiger partial charge in [-0.15, -0.1) is 0 Å². The lowest BCUT2D eigenvalue weighted by molar-refractivity contribution is 0.0123. The first-order chi connectivity index (χ1) is 7.27. The molecule has 0 radical (unpaired) electrons. The van der Waals surface area contributed by atoms with Crippen molar-refractivity contribution in [2.75, 3.05) is 6.61 Å². The summed E-state index contributed by atoms with van der Waals surface area (Å²) in [6, 6.07) is 3.31. The number of pyridine rings is 1. The number of hydrogen-bond donors (Lipinski definition) is 1. The maximum absolute atomic E-state index is 10.6. The molecule has 1 atom stereocenters. The van der Waals surface area contributed by atoms with Crippen molar-refractivity contribution in [2.24, 2.45) is 0 Å². The average molecular weight is 207 g/mol. The molecular weight excluding hydrogens is 194 g/mol. The van der Waals surface area contributed by atoms with Crippen molar-refractivity contribution < 1.29 is 14.6 Å². The van der Waals surface area contributed by atoms with Gasteiger partial charge in [-0.3, -0.25) is 4.98 Å². The van der Waals surface area contributed by atoms with Gasteiger partial charge < -0.3 is 9.84 Å². The van der Waals surface area contributed by atoms with Crippen LogP contribution in [-0.4, -0.2) is 22.7 Å². The number of carboxylic acids is 1. The van der Waals surface area contributed by atoms with Crippen LogP contribution in [0.4, 0.5) is 0 Å². The molecule has 1 aliphatic heterocycles. The SMILES string of the molecule is O=C(O)c1ccc(C2CCCCO2)nc1. The number of carbonyl (C=O) groups is 1. The van der Waals surface area contributed by atoms with Crippen LogP contribution in [0.15, 0.2) is 18.3 Å². The topological polar surface area (TPSA) is 59.4 Å². The second kappa shape index (κ2) is 4.40. The number of aromatic carboxylic acids is 1. The molecule has 0 aromatic carbocycles. The van der Waals surface area contributed by atoms with Gasteiger partial charge in [0.2, 0.25) is 0 Å². The Morgan fingerprint density at radius 2 is 2.33 bits per heavy atom. The van der Waals surface area contributed by atoms with E-state index in [1.807, 2.05) is 0 Å². The summed E-state index contributed by atoms with van der Waals surface area (Å²) in [5.41, 5.74) is 1.05. The molecule has 1 aromatic heterocycles. The highest BCUT2D eigenvalue weighted by molar-refractivity contribution is 5.87. The highest BCUT2D eigenvalue weighted by Gasteiger charge is 2.17. The zero-order valence-electron chi connectivity index (χ0n) is 8.35. The van der Waals surface area contributed by atoms with Gasteiger partial charge in [-0.1, -0.05) is 0 Å². The van der Waals surface area contributed by atoms with Gasteiger partial charge in [0.1, 0.15) is 0 Å². The van der Waals surface area contributed by atoms with Crippen molar-refractivity contribution >= 4 is 5.97 Å². The maximum atomic E-state index is 10.6. The van der Waals surface area contributed by atoms with E-state index in [-0.39, 0.29) is 11.7 Å². The molecule has 0 amide bonds. The number of rotatable bonds is 2. The molecule has 1 aromatic rings. The number of hydrogen-bond acceptors (Lipinski definition) is 3. The van der Waals surface area contributed by atoms with E-state index in [2.05, 4.69) is 4.98 Å². The number of nitrogens with zero attached hydrogens (tertiary/aromatic N) is 1. The Kier molecular flexibility index (Phi) is 2.97. The molecule has 1 N–H and O–H groups in total.